The third-order valence-corrected chi connectivity index (χ3v) is 5.54. The molecule has 1 aliphatic heterocycles. The van der Waals surface area contributed by atoms with E-state index < -0.39 is 0 Å². The van der Waals surface area contributed by atoms with Crippen molar-refractivity contribution in [3.63, 3.8) is 0 Å². The maximum absolute atomic E-state index is 12.1. The Hall–Kier alpha value is -3.16. The Morgan fingerprint density at radius 2 is 1.97 bits per heavy atom. The first-order valence-electron chi connectivity index (χ1n) is 10.7. The van der Waals surface area contributed by atoms with Crippen molar-refractivity contribution >= 4 is 16.9 Å². The molecule has 1 aromatic heterocycles. The lowest BCUT2D eigenvalue weighted by Crippen LogP contribution is -2.32. The summed E-state index contributed by atoms with van der Waals surface area (Å²) >= 11 is 0. The van der Waals surface area contributed by atoms with Crippen molar-refractivity contribution < 1.29 is 23.4 Å². The van der Waals surface area contributed by atoms with Crippen molar-refractivity contribution in [1.29, 1.82) is 0 Å². The Kier molecular flexibility index (Phi) is 6.87. The van der Waals surface area contributed by atoms with Crippen LogP contribution in [-0.2, 0) is 33.8 Å². The highest BCUT2D eigenvalue weighted by molar-refractivity contribution is 5.86. The molecule has 168 valence electrons. The van der Waals surface area contributed by atoms with E-state index in [9.17, 15) is 9.59 Å². The topological polar surface area (TPSA) is 78.2 Å². The third kappa shape index (κ3) is 5.00. The second-order valence-corrected chi connectivity index (χ2v) is 7.93. The quantitative estimate of drug-likeness (QED) is 0.303. The van der Waals surface area contributed by atoms with Crippen molar-refractivity contribution in [2.45, 2.75) is 32.9 Å². The highest BCUT2D eigenvalue weighted by atomic mass is 16.6. The van der Waals surface area contributed by atoms with E-state index in [1.807, 2.05) is 31.2 Å². The van der Waals surface area contributed by atoms with E-state index in [4.69, 9.17) is 18.6 Å². The Morgan fingerprint density at radius 3 is 2.75 bits per heavy atom. The average Bonchev–Trinajstić information content (AvgIpc) is 2.78. The van der Waals surface area contributed by atoms with Gasteiger partial charge in [-0.15, -0.1) is 0 Å². The first kappa shape index (κ1) is 22.0. The lowest BCUT2D eigenvalue weighted by atomic mass is 9.97. The molecule has 0 saturated carbocycles. The average molecular weight is 437 g/mol. The monoisotopic (exact) mass is 437 g/mol. The molecule has 7 heteroatoms. The van der Waals surface area contributed by atoms with Gasteiger partial charge in [-0.3, -0.25) is 9.69 Å². The molecule has 7 nitrogen and oxygen atoms in total. The Bertz CT molecular complexity index is 1150. The van der Waals surface area contributed by atoms with Crippen molar-refractivity contribution in [2.24, 2.45) is 0 Å². The van der Waals surface area contributed by atoms with Crippen LogP contribution in [0.2, 0.25) is 0 Å². The molecule has 0 spiro atoms. The summed E-state index contributed by atoms with van der Waals surface area (Å²) in [5.74, 6) is 0.411. The minimum absolute atomic E-state index is 0.231. The molecule has 0 fully saturated rings. The zero-order valence-corrected chi connectivity index (χ0v) is 18.4. The Balaban J connectivity index is 1.63. The van der Waals surface area contributed by atoms with E-state index in [1.165, 1.54) is 11.6 Å². The van der Waals surface area contributed by atoms with E-state index in [2.05, 4.69) is 17.0 Å². The summed E-state index contributed by atoms with van der Waals surface area (Å²) in [6, 6.07) is 13.6. The van der Waals surface area contributed by atoms with E-state index >= 15 is 0 Å². The van der Waals surface area contributed by atoms with Gasteiger partial charge >= 0.3 is 11.6 Å². The molecule has 4 rings (SSSR count). The summed E-state index contributed by atoms with van der Waals surface area (Å²) in [5, 5.41) is 0.858. The van der Waals surface area contributed by atoms with Gasteiger partial charge in [-0.25, -0.2) is 4.79 Å². The molecule has 0 N–H and O–H groups in total. The van der Waals surface area contributed by atoms with Gasteiger partial charge in [0.1, 0.15) is 24.7 Å². The highest BCUT2D eigenvalue weighted by Crippen LogP contribution is 2.37. The van der Waals surface area contributed by atoms with Crippen LogP contribution in [0.4, 0.5) is 0 Å². The van der Waals surface area contributed by atoms with Gasteiger partial charge in [-0.1, -0.05) is 30.3 Å². The molecule has 0 amide bonds. The lowest BCUT2D eigenvalue weighted by molar-refractivity contribution is -0.144. The zero-order chi connectivity index (χ0) is 22.5. The third-order valence-electron chi connectivity index (χ3n) is 5.54. The zero-order valence-electron chi connectivity index (χ0n) is 18.4. The molecular weight excluding hydrogens is 410 g/mol. The second kappa shape index (κ2) is 9.97. The van der Waals surface area contributed by atoms with Gasteiger partial charge in [0.15, 0.2) is 0 Å². The van der Waals surface area contributed by atoms with Crippen LogP contribution < -0.4 is 10.4 Å². The number of methoxy groups -OCH3 is 1. The molecule has 0 saturated heterocycles. The van der Waals surface area contributed by atoms with Crippen molar-refractivity contribution in [2.75, 3.05) is 27.1 Å². The number of ether oxygens (including phenoxy) is 3. The predicted molar refractivity (Wildman–Crippen MR) is 120 cm³/mol. The molecule has 2 heterocycles. The van der Waals surface area contributed by atoms with E-state index in [0.29, 0.717) is 44.2 Å². The fourth-order valence-corrected chi connectivity index (χ4v) is 3.98. The molecule has 0 atom stereocenters. The summed E-state index contributed by atoms with van der Waals surface area (Å²) in [6.45, 7) is 4.21. The summed E-state index contributed by atoms with van der Waals surface area (Å²) in [7, 11) is 1.56. The molecule has 0 aliphatic carbocycles. The number of hydrogen-bond donors (Lipinski definition) is 0. The van der Waals surface area contributed by atoms with Crippen LogP contribution in [0.3, 0.4) is 0 Å². The molecule has 0 radical (unpaired) electrons. The van der Waals surface area contributed by atoms with Crippen molar-refractivity contribution in [1.82, 2.24) is 4.90 Å². The van der Waals surface area contributed by atoms with Gasteiger partial charge < -0.3 is 18.6 Å². The number of fused-ring (bicyclic) bond motifs is 3. The van der Waals surface area contributed by atoms with Crippen LogP contribution >= 0.6 is 0 Å². The first-order valence-corrected chi connectivity index (χ1v) is 10.7. The highest BCUT2D eigenvalue weighted by Gasteiger charge is 2.25. The van der Waals surface area contributed by atoms with Gasteiger partial charge in [-0.2, -0.15) is 0 Å². The molecule has 2 aromatic carbocycles. The van der Waals surface area contributed by atoms with Gasteiger partial charge in [-0.05, 0) is 36.1 Å². The number of benzene rings is 2. The van der Waals surface area contributed by atoms with Crippen LogP contribution in [0.1, 0.15) is 28.7 Å². The van der Waals surface area contributed by atoms with Crippen LogP contribution in [0.5, 0.6) is 5.75 Å². The number of rotatable bonds is 8. The van der Waals surface area contributed by atoms with E-state index in [1.54, 1.807) is 7.11 Å². The van der Waals surface area contributed by atoms with Gasteiger partial charge in [0, 0.05) is 38.1 Å². The van der Waals surface area contributed by atoms with Crippen molar-refractivity contribution in [3.05, 3.63) is 75.1 Å². The van der Waals surface area contributed by atoms with Gasteiger partial charge in [0.25, 0.3) is 0 Å². The number of hydrogen-bond acceptors (Lipinski definition) is 7. The predicted octanol–water partition coefficient (Wildman–Crippen LogP) is 3.58. The molecule has 3 aromatic rings. The maximum Gasteiger partial charge on any atom is 0.336 e. The number of esters is 1. The summed E-state index contributed by atoms with van der Waals surface area (Å²) in [6.07, 6.45) is 0.704. The van der Waals surface area contributed by atoms with E-state index in [0.717, 1.165) is 22.1 Å². The molecule has 0 bridgehead atoms. The minimum atomic E-state index is -0.383. The number of nitrogens with zero attached hydrogens (tertiary/aromatic N) is 1. The normalized spacial score (nSPS) is 13.6. The summed E-state index contributed by atoms with van der Waals surface area (Å²) in [5.41, 5.74) is 3.93. The fourth-order valence-electron chi connectivity index (χ4n) is 3.98. The second-order valence-electron chi connectivity index (χ2n) is 7.93. The Labute approximate surface area is 186 Å². The SMILES string of the molecule is COCCOC(=O)CCc1cc2c(C)cc(=O)oc2c2c1OCN(Cc1ccccc1)C2. The number of carbonyl (C=O) groups is 1. The Morgan fingerprint density at radius 1 is 1.16 bits per heavy atom. The van der Waals surface area contributed by atoms with E-state index in [-0.39, 0.29) is 24.6 Å². The van der Waals surface area contributed by atoms with Crippen LogP contribution in [-0.4, -0.2) is 37.9 Å². The smallest absolute Gasteiger partial charge is 0.336 e. The van der Waals surface area contributed by atoms with Crippen LogP contribution in [0, 0.1) is 6.92 Å². The van der Waals surface area contributed by atoms with Crippen LogP contribution in [0.15, 0.2) is 51.7 Å². The van der Waals surface area contributed by atoms with Crippen molar-refractivity contribution in [3.8, 4) is 5.75 Å². The molecular formula is C25H27NO6. The maximum atomic E-state index is 12.1. The minimum Gasteiger partial charge on any atom is -0.477 e. The summed E-state index contributed by atoms with van der Waals surface area (Å²) in [4.78, 5) is 26.4. The molecule has 0 unspecified atom stereocenters. The van der Waals surface area contributed by atoms with Crippen LogP contribution in [0.25, 0.3) is 11.0 Å². The summed E-state index contributed by atoms with van der Waals surface area (Å²) < 4.78 is 21.9. The fraction of sp³-hybridized carbons (Fsp3) is 0.360. The number of aryl methyl sites for hydroxylation is 2. The largest absolute Gasteiger partial charge is 0.477 e. The number of carbonyl (C=O) groups excluding carboxylic acids is 1. The lowest BCUT2D eigenvalue weighted by Gasteiger charge is -2.31. The first-order chi connectivity index (χ1) is 15.5. The van der Waals surface area contributed by atoms with Gasteiger partial charge in [0.2, 0.25) is 0 Å². The van der Waals surface area contributed by atoms with Gasteiger partial charge in [0.05, 0.1) is 12.2 Å². The molecule has 32 heavy (non-hydrogen) atoms. The standard InChI is InChI=1S/C25H27NO6/c1-17-12-23(28)32-25-20(17)13-19(8-9-22(27)30-11-10-29-2)24-21(25)15-26(16-31-24)14-18-6-4-3-5-7-18/h3-7,12-13H,8-11,14-16H2,1-2H3. The molecule has 1 aliphatic rings.